The highest BCUT2D eigenvalue weighted by Crippen LogP contribution is 2.11. The van der Waals surface area contributed by atoms with Crippen LogP contribution in [0.4, 0.5) is 0 Å². The molecule has 0 aromatic carbocycles. The van der Waals surface area contributed by atoms with E-state index in [1.54, 1.807) is 0 Å². The molecule has 100 valence electrons. The number of morpholine rings is 1. The fraction of sp³-hybridized carbons (Fsp3) is 0.889. The predicted octanol–water partition coefficient (Wildman–Crippen LogP) is -0.640. The van der Waals surface area contributed by atoms with Crippen LogP contribution in [0.1, 0.15) is 13.3 Å². The second-order valence-electron chi connectivity index (χ2n) is 3.75. The molecule has 7 nitrogen and oxygen atoms in total. The third-order valence-electron chi connectivity index (χ3n) is 2.41. The largest absolute Gasteiger partial charge is 0.480 e. The van der Waals surface area contributed by atoms with E-state index in [0.717, 1.165) is 4.31 Å². The zero-order valence-electron chi connectivity index (χ0n) is 9.83. The molecule has 0 aromatic rings. The van der Waals surface area contributed by atoms with E-state index < -0.39 is 22.7 Å². The molecule has 0 unspecified atom stereocenters. The van der Waals surface area contributed by atoms with Gasteiger partial charge in [-0.15, -0.1) is 0 Å². The van der Waals surface area contributed by atoms with E-state index in [0.29, 0.717) is 19.6 Å². The second kappa shape index (κ2) is 6.29. The monoisotopic (exact) mass is 266 g/mol. The highest BCUT2D eigenvalue weighted by molar-refractivity contribution is 7.86. The first-order chi connectivity index (χ1) is 7.98. The minimum Gasteiger partial charge on any atom is -0.480 e. The average Bonchev–Trinajstić information content (AvgIpc) is 2.29. The first-order valence-corrected chi connectivity index (χ1v) is 6.93. The van der Waals surface area contributed by atoms with Crippen molar-refractivity contribution in [1.29, 1.82) is 0 Å². The molecule has 0 amide bonds. The van der Waals surface area contributed by atoms with E-state index in [1.807, 2.05) is 6.92 Å². The van der Waals surface area contributed by atoms with Crippen LogP contribution in [-0.2, 0) is 19.7 Å². The Hall–Kier alpha value is -0.700. The third-order valence-corrected chi connectivity index (χ3v) is 4.39. The van der Waals surface area contributed by atoms with Crippen molar-refractivity contribution >= 4 is 16.2 Å². The molecule has 1 fully saturated rings. The van der Waals surface area contributed by atoms with Gasteiger partial charge in [0.25, 0.3) is 10.2 Å². The van der Waals surface area contributed by atoms with Crippen LogP contribution >= 0.6 is 0 Å². The Labute approximate surface area is 101 Å². The van der Waals surface area contributed by atoms with Crippen molar-refractivity contribution in [2.24, 2.45) is 0 Å². The molecule has 0 spiro atoms. The number of ether oxygens (including phenoxy) is 1. The van der Waals surface area contributed by atoms with Gasteiger partial charge in [0, 0.05) is 19.6 Å². The number of aliphatic carboxylic acids is 1. The number of carbonyl (C=O) groups is 1. The molecule has 1 aliphatic heterocycles. The fourth-order valence-corrected chi connectivity index (χ4v) is 3.24. The first-order valence-electron chi connectivity index (χ1n) is 5.53. The summed E-state index contributed by atoms with van der Waals surface area (Å²) in [7, 11) is -3.68. The van der Waals surface area contributed by atoms with Crippen LogP contribution in [0.3, 0.4) is 0 Å². The second-order valence-corrected chi connectivity index (χ2v) is 5.67. The van der Waals surface area contributed by atoms with E-state index in [1.165, 1.54) is 4.31 Å². The van der Waals surface area contributed by atoms with Crippen LogP contribution in [0.2, 0.25) is 0 Å². The Morgan fingerprint density at radius 2 is 2.00 bits per heavy atom. The van der Waals surface area contributed by atoms with Gasteiger partial charge in [-0.25, -0.2) is 0 Å². The van der Waals surface area contributed by atoms with E-state index in [-0.39, 0.29) is 19.6 Å². The lowest BCUT2D eigenvalue weighted by molar-refractivity contribution is -0.137. The summed E-state index contributed by atoms with van der Waals surface area (Å²) in [5.74, 6) is -1.14. The Bertz CT molecular complexity index is 350. The number of nitrogens with zero attached hydrogens (tertiary/aromatic N) is 2. The van der Waals surface area contributed by atoms with Crippen molar-refractivity contribution < 1.29 is 23.1 Å². The quantitative estimate of drug-likeness (QED) is 0.691. The molecule has 1 heterocycles. The molecule has 0 aromatic heterocycles. The maximum Gasteiger partial charge on any atom is 0.318 e. The molecule has 0 aliphatic carbocycles. The Morgan fingerprint density at radius 3 is 2.47 bits per heavy atom. The van der Waals surface area contributed by atoms with Crippen molar-refractivity contribution in [3.8, 4) is 0 Å². The number of hydrogen-bond acceptors (Lipinski definition) is 4. The number of rotatable bonds is 6. The normalized spacial score (nSPS) is 18.5. The molecule has 17 heavy (non-hydrogen) atoms. The molecule has 0 radical (unpaired) electrons. The van der Waals surface area contributed by atoms with Crippen LogP contribution in [0.5, 0.6) is 0 Å². The highest BCUT2D eigenvalue weighted by Gasteiger charge is 2.31. The summed E-state index contributed by atoms with van der Waals surface area (Å²) in [6, 6.07) is 0. The Kier molecular flexibility index (Phi) is 5.31. The Morgan fingerprint density at radius 1 is 1.41 bits per heavy atom. The van der Waals surface area contributed by atoms with E-state index >= 15 is 0 Å². The Balaban J connectivity index is 2.78. The maximum atomic E-state index is 12.1. The van der Waals surface area contributed by atoms with Crippen molar-refractivity contribution in [2.75, 3.05) is 39.4 Å². The molecule has 1 saturated heterocycles. The SMILES string of the molecule is CCCN(CC(=O)O)S(=O)(=O)N1CCOCC1. The van der Waals surface area contributed by atoms with Gasteiger partial charge in [0.15, 0.2) is 0 Å². The van der Waals surface area contributed by atoms with E-state index in [4.69, 9.17) is 9.84 Å². The van der Waals surface area contributed by atoms with Gasteiger partial charge in [-0.3, -0.25) is 4.79 Å². The summed E-state index contributed by atoms with van der Waals surface area (Å²) in [5.41, 5.74) is 0. The van der Waals surface area contributed by atoms with Crippen molar-refractivity contribution in [3.63, 3.8) is 0 Å². The first kappa shape index (κ1) is 14.4. The molecule has 0 atom stereocenters. The van der Waals surface area contributed by atoms with E-state index in [9.17, 15) is 13.2 Å². The summed E-state index contributed by atoms with van der Waals surface area (Å²) >= 11 is 0. The van der Waals surface area contributed by atoms with E-state index in [2.05, 4.69) is 0 Å². The summed E-state index contributed by atoms with van der Waals surface area (Å²) in [5, 5.41) is 8.72. The topological polar surface area (TPSA) is 87.2 Å². The van der Waals surface area contributed by atoms with Crippen LogP contribution < -0.4 is 0 Å². The zero-order chi connectivity index (χ0) is 12.9. The van der Waals surface area contributed by atoms with Gasteiger partial charge >= 0.3 is 5.97 Å². The standard InChI is InChI=1S/C9H18N2O5S/c1-2-3-11(8-9(12)13)17(14,15)10-4-6-16-7-5-10/h2-8H2,1H3,(H,12,13). The summed E-state index contributed by atoms with van der Waals surface area (Å²) < 4.78 is 31.6. The van der Waals surface area contributed by atoms with Gasteiger partial charge in [-0.2, -0.15) is 17.0 Å². The van der Waals surface area contributed by atoms with Crippen molar-refractivity contribution in [3.05, 3.63) is 0 Å². The zero-order valence-corrected chi connectivity index (χ0v) is 10.6. The summed E-state index contributed by atoms with van der Waals surface area (Å²) in [6.07, 6.45) is 0.580. The minimum atomic E-state index is -3.68. The molecular formula is C9H18N2O5S. The van der Waals surface area contributed by atoms with Crippen molar-refractivity contribution in [2.45, 2.75) is 13.3 Å². The predicted molar refractivity (Wildman–Crippen MR) is 60.8 cm³/mol. The van der Waals surface area contributed by atoms with Gasteiger partial charge in [-0.1, -0.05) is 6.92 Å². The highest BCUT2D eigenvalue weighted by atomic mass is 32.2. The van der Waals surface area contributed by atoms with Gasteiger partial charge < -0.3 is 9.84 Å². The lowest BCUT2D eigenvalue weighted by atomic mass is 10.5. The van der Waals surface area contributed by atoms with Crippen LogP contribution in [0, 0.1) is 0 Å². The maximum absolute atomic E-state index is 12.1. The molecule has 0 bridgehead atoms. The molecular weight excluding hydrogens is 248 g/mol. The lowest BCUT2D eigenvalue weighted by Gasteiger charge is -2.31. The third kappa shape index (κ3) is 3.91. The molecule has 1 rings (SSSR count). The summed E-state index contributed by atoms with van der Waals surface area (Å²) in [6.45, 7) is 2.80. The number of hydrogen-bond donors (Lipinski definition) is 1. The van der Waals surface area contributed by atoms with Gasteiger partial charge in [0.1, 0.15) is 6.54 Å². The van der Waals surface area contributed by atoms with Crippen LogP contribution in [0.15, 0.2) is 0 Å². The number of carboxylic acids is 1. The smallest absolute Gasteiger partial charge is 0.318 e. The average molecular weight is 266 g/mol. The fourth-order valence-electron chi connectivity index (χ4n) is 1.62. The molecule has 8 heteroatoms. The number of carboxylic acid groups (broad SMARTS) is 1. The van der Waals surface area contributed by atoms with Gasteiger partial charge in [0.2, 0.25) is 0 Å². The van der Waals surface area contributed by atoms with Crippen molar-refractivity contribution in [1.82, 2.24) is 8.61 Å². The molecule has 1 N–H and O–H groups in total. The molecule has 0 saturated carbocycles. The van der Waals surface area contributed by atoms with Crippen LogP contribution in [0.25, 0.3) is 0 Å². The van der Waals surface area contributed by atoms with Gasteiger partial charge in [-0.05, 0) is 6.42 Å². The minimum absolute atomic E-state index is 0.214. The lowest BCUT2D eigenvalue weighted by Crippen LogP contribution is -2.50. The molecule has 1 aliphatic rings. The summed E-state index contributed by atoms with van der Waals surface area (Å²) in [4.78, 5) is 10.7. The van der Waals surface area contributed by atoms with Crippen LogP contribution in [-0.4, -0.2) is 67.5 Å². The van der Waals surface area contributed by atoms with Gasteiger partial charge in [0.05, 0.1) is 13.2 Å².